The highest BCUT2D eigenvalue weighted by molar-refractivity contribution is 7.89. The first-order valence-corrected chi connectivity index (χ1v) is 10.4. The van der Waals surface area contributed by atoms with E-state index in [2.05, 4.69) is 20.2 Å². The van der Waals surface area contributed by atoms with Crippen LogP contribution in [0.1, 0.15) is 17.8 Å². The van der Waals surface area contributed by atoms with Gasteiger partial charge in [0.25, 0.3) is 0 Å². The van der Waals surface area contributed by atoms with Crippen molar-refractivity contribution in [3.8, 4) is 0 Å². The van der Waals surface area contributed by atoms with Crippen LogP contribution in [0, 0.1) is 0 Å². The summed E-state index contributed by atoms with van der Waals surface area (Å²) >= 11 is 5.72. The number of carbonyl (C=O) groups excluding carboxylic acids is 1. The summed E-state index contributed by atoms with van der Waals surface area (Å²) in [7, 11) is -3.80. The van der Waals surface area contributed by atoms with Gasteiger partial charge in [-0.05, 0) is 36.4 Å². The van der Waals surface area contributed by atoms with E-state index in [1.54, 1.807) is 0 Å². The minimum atomic E-state index is -4.53. The van der Waals surface area contributed by atoms with E-state index in [9.17, 15) is 26.4 Å². The summed E-state index contributed by atoms with van der Waals surface area (Å²) in [5.74, 6) is -0.413. The number of aromatic nitrogens is 3. The fourth-order valence-electron chi connectivity index (χ4n) is 2.49. The number of halogens is 4. The molecule has 0 aliphatic carbocycles. The first-order chi connectivity index (χ1) is 14.1. The molecule has 30 heavy (non-hydrogen) atoms. The van der Waals surface area contributed by atoms with E-state index < -0.39 is 27.7 Å². The van der Waals surface area contributed by atoms with E-state index in [4.69, 9.17) is 11.6 Å². The molecule has 8 nitrogen and oxygen atoms in total. The van der Waals surface area contributed by atoms with E-state index >= 15 is 0 Å². The second-order valence-corrected chi connectivity index (χ2v) is 8.34. The van der Waals surface area contributed by atoms with Crippen molar-refractivity contribution in [1.82, 2.24) is 24.6 Å². The van der Waals surface area contributed by atoms with Gasteiger partial charge in [0.1, 0.15) is 0 Å². The molecule has 0 aliphatic rings. The Morgan fingerprint density at radius 3 is 2.47 bits per heavy atom. The average Bonchev–Trinajstić information content (AvgIpc) is 3.08. The number of rotatable bonds is 7. The SMILES string of the molecule is O=C(CCNS(=O)(=O)c1ccc(Cl)cc1)NCc1nnc2ccc(C(F)(F)F)cn12. The zero-order valence-corrected chi connectivity index (χ0v) is 16.7. The molecule has 2 heterocycles. The third-order valence-electron chi connectivity index (χ3n) is 4.01. The van der Waals surface area contributed by atoms with Crippen molar-refractivity contribution in [3.63, 3.8) is 0 Å². The lowest BCUT2D eigenvalue weighted by Crippen LogP contribution is -2.31. The standard InChI is InChI=1S/C17H15ClF3N5O3S/c18-12-2-4-13(5-3-12)30(28,29)23-8-7-16(27)22-9-15-25-24-14-6-1-11(10-26(14)15)17(19,20)21/h1-6,10,23H,7-9H2,(H,22,27). The van der Waals surface area contributed by atoms with Crippen LogP contribution in [-0.4, -0.2) is 35.5 Å². The summed E-state index contributed by atoms with van der Waals surface area (Å²) < 4.78 is 66.3. The number of fused-ring (bicyclic) bond motifs is 1. The molecule has 1 amide bonds. The molecule has 0 atom stereocenters. The summed E-state index contributed by atoms with van der Waals surface area (Å²) in [5.41, 5.74) is -0.679. The topological polar surface area (TPSA) is 105 Å². The summed E-state index contributed by atoms with van der Waals surface area (Å²) in [6.45, 7) is -0.346. The molecule has 0 saturated carbocycles. The lowest BCUT2D eigenvalue weighted by Gasteiger charge is -2.09. The highest BCUT2D eigenvalue weighted by atomic mass is 35.5. The second kappa shape index (κ2) is 8.58. The minimum absolute atomic E-state index is 0.00251. The third-order valence-corrected chi connectivity index (χ3v) is 5.74. The van der Waals surface area contributed by atoms with Crippen molar-refractivity contribution in [2.75, 3.05) is 6.54 Å². The number of benzene rings is 1. The predicted molar refractivity (Wildman–Crippen MR) is 101 cm³/mol. The quantitative estimate of drug-likeness (QED) is 0.562. The Balaban J connectivity index is 1.55. The van der Waals surface area contributed by atoms with Gasteiger partial charge in [0.05, 0.1) is 17.0 Å². The molecule has 0 radical (unpaired) electrons. The Morgan fingerprint density at radius 2 is 1.80 bits per heavy atom. The van der Waals surface area contributed by atoms with E-state index in [0.29, 0.717) is 5.02 Å². The second-order valence-electron chi connectivity index (χ2n) is 6.14. The molecule has 3 rings (SSSR count). The summed E-state index contributed by atoms with van der Waals surface area (Å²) in [4.78, 5) is 12.0. The van der Waals surface area contributed by atoms with E-state index in [1.807, 2.05) is 0 Å². The molecule has 0 bridgehead atoms. The summed E-state index contributed by atoms with van der Waals surface area (Å²) in [6, 6.07) is 7.57. The van der Waals surface area contributed by atoms with E-state index in [0.717, 1.165) is 16.7 Å². The molecule has 1 aromatic carbocycles. The highest BCUT2D eigenvalue weighted by Crippen LogP contribution is 2.29. The van der Waals surface area contributed by atoms with Crippen molar-refractivity contribution in [1.29, 1.82) is 0 Å². The van der Waals surface area contributed by atoms with Gasteiger partial charge in [0.2, 0.25) is 15.9 Å². The summed E-state index contributed by atoms with van der Waals surface area (Å²) in [5, 5.41) is 10.4. The maximum atomic E-state index is 12.9. The van der Waals surface area contributed by atoms with Crippen LogP contribution in [0.25, 0.3) is 5.65 Å². The van der Waals surface area contributed by atoms with Gasteiger partial charge < -0.3 is 5.32 Å². The van der Waals surface area contributed by atoms with Gasteiger partial charge in [-0.25, -0.2) is 13.1 Å². The number of sulfonamides is 1. The average molecular weight is 462 g/mol. The molecule has 160 valence electrons. The van der Waals surface area contributed by atoms with Gasteiger partial charge in [-0.3, -0.25) is 9.20 Å². The molecule has 0 spiro atoms. The fraction of sp³-hybridized carbons (Fsp3) is 0.235. The molecule has 3 aromatic rings. The lowest BCUT2D eigenvalue weighted by atomic mass is 10.3. The molecule has 2 N–H and O–H groups in total. The third kappa shape index (κ3) is 5.26. The monoisotopic (exact) mass is 461 g/mol. The summed E-state index contributed by atoms with van der Waals surface area (Å²) in [6.07, 6.45) is -3.87. The van der Waals surface area contributed by atoms with Crippen molar-refractivity contribution in [3.05, 3.63) is 59.0 Å². The Bertz CT molecular complexity index is 1160. The van der Waals surface area contributed by atoms with Gasteiger partial charge in [-0.15, -0.1) is 10.2 Å². The number of pyridine rings is 1. The first-order valence-electron chi connectivity index (χ1n) is 8.49. The minimum Gasteiger partial charge on any atom is -0.349 e. The van der Waals surface area contributed by atoms with Crippen molar-refractivity contribution < 1.29 is 26.4 Å². The number of alkyl halides is 3. The number of nitrogens with zero attached hydrogens (tertiary/aromatic N) is 3. The predicted octanol–water partition coefficient (Wildman–Crippen LogP) is 2.39. The molecule has 0 fully saturated rings. The highest BCUT2D eigenvalue weighted by Gasteiger charge is 2.31. The van der Waals surface area contributed by atoms with Crippen LogP contribution in [-0.2, 0) is 27.5 Å². The molecular formula is C17H15ClF3N5O3S. The molecular weight excluding hydrogens is 447 g/mol. The Kier molecular flexibility index (Phi) is 6.29. The number of carbonyl (C=O) groups is 1. The number of amides is 1. The van der Waals surface area contributed by atoms with Crippen LogP contribution in [0.5, 0.6) is 0 Å². The molecule has 0 saturated heterocycles. The van der Waals surface area contributed by atoms with Crippen LogP contribution in [0.3, 0.4) is 0 Å². The number of hydrogen-bond donors (Lipinski definition) is 2. The van der Waals surface area contributed by atoms with Gasteiger partial charge in [-0.2, -0.15) is 13.2 Å². The van der Waals surface area contributed by atoms with Crippen LogP contribution >= 0.6 is 11.6 Å². The maximum absolute atomic E-state index is 12.9. The van der Waals surface area contributed by atoms with Crippen LogP contribution in [0.2, 0.25) is 5.02 Å². The van der Waals surface area contributed by atoms with E-state index in [1.165, 1.54) is 30.3 Å². The Labute approximate surface area is 174 Å². The maximum Gasteiger partial charge on any atom is 0.417 e. The van der Waals surface area contributed by atoms with Crippen LogP contribution in [0.4, 0.5) is 13.2 Å². The normalized spacial score (nSPS) is 12.3. The van der Waals surface area contributed by atoms with Gasteiger partial charge in [-0.1, -0.05) is 11.6 Å². The zero-order chi connectivity index (χ0) is 21.9. The first kappa shape index (κ1) is 22.0. The van der Waals surface area contributed by atoms with Crippen molar-refractivity contribution >= 4 is 33.2 Å². The van der Waals surface area contributed by atoms with Gasteiger partial charge >= 0.3 is 6.18 Å². The smallest absolute Gasteiger partial charge is 0.349 e. The van der Waals surface area contributed by atoms with Crippen molar-refractivity contribution in [2.24, 2.45) is 0 Å². The molecule has 0 unspecified atom stereocenters. The Morgan fingerprint density at radius 1 is 1.10 bits per heavy atom. The zero-order valence-electron chi connectivity index (χ0n) is 15.1. The van der Waals surface area contributed by atoms with Crippen LogP contribution in [0.15, 0.2) is 47.5 Å². The lowest BCUT2D eigenvalue weighted by molar-refractivity contribution is -0.137. The van der Waals surface area contributed by atoms with Gasteiger partial charge in [0, 0.05) is 24.2 Å². The molecule has 13 heteroatoms. The Hall–Kier alpha value is -2.70. The largest absolute Gasteiger partial charge is 0.417 e. The van der Waals surface area contributed by atoms with Crippen LogP contribution < -0.4 is 10.0 Å². The van der Waals surface area contributed by atoms with Crippen molar-refractivity contribution in [2.45, 2.75) is 24.0 Å². The van der Waals surface area contributed by atoms with Gasteiger partial charge in [0.15, 0.2) is 11.5 Å². The number of hydrogen-bond acceptors (Lipinski definition) is 5. The number of nitrogens with one attached hydrogen (secondary N) is 2. The van der Waals surface area contributed by atoms with E-state index in [-0.39, 0.29) is 35.9 Å². The molecule has 0 aliphatic heterocycles. The molecule has 2 aromatic heterocycles. The fourth-order valence-corrected chi connectivity index (χ4v) is 3.65.